The number of carbonyl (C=O) groups excluding carboxylic acids is 3. The molecule has 9 heteroatoms. The molecule has 4 heterocycles. The van der Waals surface area contributed by atoms with Crippen LogP contribution in [0.25, 0.3) is 0 Å². The van der Waals surface area contributed by atoms with E-state index in [9.17, 15) is 14.4 Å². The minimum Gasteiger partial charge on any atom is -0.378 e. The smallest absolute Gasteiger partial charge is 0.274 e. The minimum absolute atomic E-state index is 0.000775. The molecular weight excluding hydrogens is 458 g/mol. The molecule has 192 valence electrons. The monoisotopic (exact) mass is 493 g/mol. The highest BCUT2D eigenvalue weighted by Gasteiger charge is 2.39. The highest BCUT2D eigenvalue weighted by atomic mass is 16.5. The summed E-state index contributed by atoms with van der Waals surface area (Å²) in [4.78, 5) is 44.9. The van der Waals surface area contributed by atoms with Gasteiger partial charge in [0, 0.05) is 63.4 Å². The zero-order valence-corrected chi connectivity index (χ0v) is 21.2. The van der Waals surface area contributed by atoms with Gasteiger partial charge >= 0.3 is 0 Å². The first kappa shape index (κ1) is 24.5. The largest absolute Gasteiger partial charge is 0.378 e. The number of hydrogen-bond acceptors (Lipinski definition) is 5. The Morgan fingerprint density at radius 1 is 1.08 bits per heavy atom. The first-order valence-corrected chi connectivity index (χ1v) is 13.0. The molecule has 2 fully saturated rings. The number of amides is 3. The lowest BCUT2D eigenvalue weighted by Gasteiger charge is -2.31. The molecule has 0 saturated carbocycles. The van der Waals surface area contributed by atoms with Crippen molar-refractivity contribution in [3.05, 3.63) is 52.8 Å². The summed E-state index contributed by atoms with van der Waals surface area (Å²) in [5.74, 6) is -0.00520. The van der Waals surface area contributed by atoms with Crippen molar-refractivity contribution in [2.24, 2.45) is 11.8 Å². The number of hydrogen-bond donors (Lipinski definition) is 0. The van der Waals surface area contributed by atoms with Gasteiger partial charge < -0.3 is 19.4 Å². The van der Waals surface area contributed by atoms with E-state index < -0.39 is 0 Å². The molecule has 1 atom stereocenters. The lowest BCUT2D eigenvalue weighted by atomic mass is 10.0. The van der Waals surface area contributed by atoms with Crippen molar-refractivity contribution in [2.75, 3.05) is 45.9 Å². The summed E-state index contributed by atoms with van der Waals surface area (Å²) in [6.07, 6.45) is 0.898. The van der Waals surface area contributed by atoms with Gasteiger partial charge in [-0.2, -0.15) is 5.10 Å². The Morgan fingerprint density at radius 3 is 2.56 bits per heavy atom. The number of carbonyl (C=O) groups is 3. The molecule has 1 unspecified atom stereocenters. The average molecular weight is 494 g/mol. The predicted molar refractivity (Wildman–Crippen MR) is 133 cm³/mol. The molecule has 3 amide bonds. The number of aromatic nitrogens is 2. The third-order valence-electron chi connectivity index (χ3n) is 7.27. The molecule has 36 heavy (non-hydrogen) atoms. The Balaban J connectivity index is 1.39. The first-order chi connectivity index (χ1) is 17.4. The lowest BCUT2D eigenvalue weighted by molar-refractivity contribution is -0.136. The van der Waals surface area contributed by atoms with Crippen molar-refractivity contribution in [2.45, 2.75) is 39.8 Å². The maximum absolute atomic E-state index is 13.5. The van der Waals surface area contributed by atoms with E-state index in [0.29, 0.717) is 77.1 Å². The van der Waals surface area contributed by atoms with Crippen LogP contribution in [0.3, 0.4) is 0 Å². The Kier molecular flexibility index (Phi) is 7.09. The Hall–Kier alpha value is -3.20. The van der Waals surface area contributed by atoms with E-state index in [1.54, 1.807) is 4.90 Å². The fourth-order valence-corrected chi connectivity index (χ4v) is 5.47. The van der Waals surface area contributed by atoms with E-state index >= 15 is 0 Å². The molecular formula is C27H35N5O4. The number of likely N-dealkylation sites (tertiary alicyclic amines) is 1. The summed E-state index contributed by atoms with van der Waals surface area (Å²) >= 11 is 0. The van der Waals surface area contributed by atoms with Gasteiger partial charge in [0.1, 0.15) is 0 Å². The molecule has 0 radical (unpaired) electrons. The zero-order valence-electron chi connectivity index (χ0n) is 21.2. The van der Waals surface area contributed by atoms with E-state index in [0.717, 1.165) is 16.8 Å². The summed E-state index contributed by atoms with van der Waals surface area (Å²) < 4.78 is 7.36. The van der Waals surface area contributed by atoms with Gasteiger partial charge in [-0.25, -0.2) is 0 Å². The molecule has 2 aromatic rings. The van der Waals surface area contributed by atoms with Crippen LogP contribution in [-0.4, -0.2) is 88.1 Å². The molecule has 1 aromatic carbocycles. The normalized spacial score (nSPS) is 20.2. The van der Waals surface area contributed by atoms with Crippen LogP contribution in [0.1, 0.15) is 47.6 Å². The molecule has 1 aromatic heterocycles. The molecule has 9 nitrogen and oxygen atoms in total. The molecule has 3 aliphatic rings. The van der Waals surface area contributed by atoms with Crippen molar-refractivity contribution in [1.29, 1.82) is 0 Å². The second kappa shape index (κ2) is 10.4. The molecule has 0 spiro atoms. The highest BCUT2D eigenvalue weighted by molar-refractivity contribution is 5.94. The van der Waals surface area contributed by atoms with Gasteiger partial charge in [-0.05, 0) is 11.5 Å². The molecule has 0 aliphatic carbocycles. The quantitative estimate of drug-likeness (QED) is 0.612. The number of fused-ring (bicyclic) bond motifs is 1. The van der Waals surface area contributed by atoms with Crippen LogP contribution in [-0.2, 0) is 33.8 Å². The van der Waals surface area contributed by atoms with E-state index in [-0.39, 0.29) is 30.1 Å². The SMILES string of the molecule is CC(C)CN1CC(C(=O)N2CCc3c(c(C(=O)N4CCOCC4)nn3Cc3ccccc3)C2)CC1=O. The van der Waals surface area contributed by atoms with Gasteiger partial charge in [0.25, 0.3) is 5.91 Å². The fourth-order valence-electron chi connectivity index (χ4n) is 5.47. The number of ether oxygens (including phenoxy) is 1. The van der Waals surface area contributed by atoms with Crippen molar-refractivity contribution in [1.82, 2.24) is 24.5 Å². The zero-order chi connectivity index (χ0) is 25.2. The summed E-state index contributed by atoms with van der Waals surface area (Å²) in [6.45, 7) is 8.92. The maximum Gasteiger partial charge on any atom is 0.274 e. The summed E-state index contributed by atoms with van der Waals surface area (Å²) in [5, 5.41) is 4.79. The van der Waals surface area contributed by atoms with Crippen LogP contribution >= 0.6 is 0 Å². The van der Waals surface area contributed by atoms with E-state index in [4.69, 9.17) is 9.84 Å². The summed E-state index contributed by atoms with van der Waals surface area (Å²) in [6, 6.07) is 10.1. The maximum atomic E-state index is 13.5. The Morgan fingerprint density at radius 2 is 1.83 bits per heavy atom. The van der Waals surface area contributed by atoms with Gasteiger partial charge in [0.05, 0.1) is 25.7 Å². The van der Waals surface area contributed by atoms with Crippen LogP contribution < -0.4 is 0 Å². The number of rotatable bonds is 6. The van der Waals surface area contributed by atoms with Crippen molar-refractivity contribution in [3.8, 4) is 0 Å². The second-order valence-corrected chi connectivity index (χ2v) is 10.4. The van der Waals surface area contributed by atoms with Crippen molar-refractivity contribution < 1.29 is 19.1 Å². The van der Waals surface area contributed by atoms with Crippen LogP contribution in [0.2, 0.25) is 0 Å². The second-order valence-electron chi connectivity index (χ2n) is 10.4. The number of morpholine rings is 1. The third kappa shape index (κ3) is 5.02. The fraction of sp³-hybridized carbons (Fsp3) is 0.556. The predicted octanol–water partition coefficient (Wildman–Crippen LogP) is 1.79. The van der Waals surface area contributed by atoms with Crippen molar-refractivity contribution in [3.63, 3.8) is 0 Å². The van der Waals surface area contributed by atoms with Gasteiger partial charge in [0.2, 0.25) is 11.8 Å². The first-order valence-electron chi connectivity index (χ1n) is 13.0. The molecule has 0 bridgehead atoms. The standard InChI is InChI=1S/C27H35N5O4/c1-19(2)15-31-17-21(14-24(31)33)26(34)30-9-8-23-22(18-30)25(27(35)29-10-12-36-13-11-29)28-32(23)16-20-6-4-3-5-7-20/h3-7,19,21H,8-18H2,1-2H3. The minimum atomic E-state index is -0.324. The molecule has 2 saturated heterocycles. The van der Waals surface area contributed by atoms with E-state index in [2.05, 4.69) is 26.0 Å². The third-order valence-corrected chi connectivity index (χ3v) is 7.27. The molecule has 3 aliphatic heterocycles. The van der Waals surface area contributed by atoms with Crippen LogP contribution in [0.15, 0.2) is 30.3 Å². The molecule has 0 N–H and O–H groups in total. The summed E-state index contributed by atoms with van der Waals surface area (Å²) in [5.41, 5.74) is 3.40. The van der Waals surface area contributed by atoms with E-state index in [1.165, 1.54) is 0 Å². The number of benzene rings is 1. The molecule has 5 rings (SSSR count). The Labute approximate surface area is 212 Å². The van der Waals surface area contributed by atoms with Crippen LogP contribution in [0, 0.1) is 11.8 Å². The van der Waals surface area contributed by atoms with Gasteiger partial charge in [0.15, 0.2) is 5.69 Å². The van der Waals surface area contributed by atoms with Gasteiger partial charge in [-0.3, -0.25) is 19.1 Å². The van der Waals surface area contributed by atoms with E-state index in [1.807, 2.05) is 32.7 Å². The van der Waals surface area contributed by atoms with Crippen molar-refractivity contribution >= 4 is 17.7 Å². The average Bonchev–Trinajstić information content (AvgIpc) is 3.43. The van der Waals surface area contributed by atoms with Crippen LogP contribution in [0.5, 0.6) is 0 Å². The van der Waals surface area contributed by atoms with Crippen LogP contribution in [0.4, 0.5) is 0 Å². The Bertz CT molecular complexity index is 1120. The summed E-state index contributed by atoms with van der Waals surface area (Å²) in [7, 11) is 0. The van der Waals surface area contributed by atoms with Gasteiger partial charge in [-0.1, -0.05) is 44.2 Å². The number of nitrogens with zero attached hydrogens (tertiary/aromatic N) is 5. The van der Waals surface area contributed by atoms with Gasteiger partial charge in [-0.15, -0.1) is 0 Å². The highest BCUT2D eigenvalue weighted by Crippen LogP contribution is 2.28. The topological polar surface area (TPSA) is 88.0 Å². The lowest BCUT2D eigenvalue weighted by Crippen LogP contribution is -2.43.